The van der Waals surface area contributed by atoms with Gasteiger partial charge in [0.15, 0.2) is 5.76 Å². The van der Waals surface area contributed by atoms with E-state index in [0.717, 1.165) is 11.1 Å². The summed E-state index contributed by atoms with van der Waals surface area (Å²) in [4.78, 5) is 25.2. The summed E-state index contributed by atoms with van der Waals surface area (Å²) in [7, 11) is 0. The van der Waals surface area contributed by atoms with Crippen molar-refractivity contribution in [2.45, 2.75) is 19.9 Å². The molecule has 3 aromatic rings. The second-order valence-electron chi connectivity index (χ2n) is 5.66. The van der Waals surface area contributed by atoms with Gasteiger partial charge in [-0.2, -0.15) is 0 Å². The normalized spacial score (nSPS) is 11.8. The van der Waals surface area contributed by atoms with Gasteiger partial charge in [-0.1, -0.05) is 30.3 Å². The van der Waals surface area contributed by atoms with Crippen LogP contribution in [0.25, 0.3) is 0 Å². The van der Waals surface area contributed by atoms with Crippen LogP contribution in [0.5, 0.6) is 0 Å². The highest BCUT2D eigenvalue weighted by Crippen LogP contribution is 2.27. The molecule has 2 aromatic heterocycles. The zero-order valence-corrected chi connectivity index (χ0v) is 14.7. The number of benzene rings is 1. The number of furan rings is 1. The Hall–Kier alpha value is -2.86. The average molecular weight is 354 g/mol. The van der Waals surface area contributed by atoms with Crippen molar-refractivity contribution in [1.82, 2.24) is 5.32 Å². The molecule has 2 amide bonds. The van der Waals surface area contributed by atoms with Gasteiger partial charge in [-0.15, -0.1) is 11.3 Å². The number of hydrogen-bond donors (Lipinski definition) is 2. The summed E-state index contributed by atoms with van der Waals surface area (Å²) < 4.78 is 5.07. The van der Waals surface area contributed by atoms with E-state index in [4.69, 9.17) is 4.42 Å². The molecular formula is C19H18N2O3S. The van der Waals surface area contributed by atoms with E-state index in [0.29, 0.717) is 9.88 Å². The number of thiophene rings is 1. The minimum atomic E-state index is -0.337. The van der Waals surface area contributed by atoms with Gasteiger partial charge >= 0.3 is 0 Å². The van der Waals surface area contributed by atoms with Crippen LogP contribution < -0.4 is 10.6 Å². The first kappa shape index (κ1) is 17.0. The fraction of sp³-hybridized carbons (Fsp3) is 0.158. The Bertz CT molecular complexity index is 869. The topological polar surface area (TPSA) is 71.3 Å². The molecule has 0 bridgehead atoms. The number of hydrogen-bond acceptors (Lipinski definition) is 4. The third-order valence-electron chi connectivity index (χ3n) is 3.75. The van der Waals surface area contributed by atoms with Crippen molar-refractivity contribution < 1.29 is 14.0 Å². The highest BCUT2D eigenvalue weighted by molar-refractivity contribution is 7.18. The predicted molar refractivity (Wildman–Crippen MR) is 98.0 cm³/mol. The molecule has 0 aliphatic heterocycles. The lowest BCUT2D eigenvalue weighted by atomic mass is 10.1. The molecule has 25 heavy (non-hydrogen) atoms. The molecule has 0 aliphatic rings. The largest absolute Gasteiger partial charge is 0.459 e. The smallest absolute Gasteiger partial charge is 0.291 e. The van der Waals surface area contributed by atoms with Crippen LogP contribution in [0.3, 0.4) is 0 Å². The summed E-state index contributed by atoms with van der Waals surface area (Å²) in [5, 5.41) is 6.35. The summed E-state index contributed by atoms with van der Waals surface area (Å²) >= 11 is 1.24. The van der Waals surface area contributed by atoms with Crippen LogP contribution in [0, 0.1) is 6.92 Å². The monoisotopic (exact) mass is 354 g/mol. The summed E-state index contributed by atoms with van der Waals surface area (Å²) in [6.45, 7) is 3.79. The summed E-state index contributed by atoms with van der Waals surface area (Å²) in [6, 6.07) is 14.7. The fourth-order valence-electron chi connectivity index (χ4n) is 2.44. The van der Waals surface area contributed by atoms with E-state index < -0.39 is 0 Å². The number of amides is 2. The van der Waals surface area contributed by atoms with Crippen LogP contribution in [0.15, 0.2) is 59.2 Å². The van der Waals surface area contributed by atoms with Crippen molar-refractivity contribution in [1.29, 1.82) is 0 Å². The molecule has 3 rings (SSSR count). The maximum absolute atomic E-state index is 12.5. The minimum Gasteiger partial charge on any atom is -0.459 e. The average Bonchev–Trinajstić information content (AvgIpc) is 3.25. The van der Waals surface area contributed by atoms with Gasteiger partial charge < -0.3 is 15.1 Å². The van der Waals surface area contributed by atoms with Gasteiger partial charge in [0.2, 0.25) is 0 Å². The summed E-state index contributed by atoms with van der Waals surface area (Å²) in [5.41, 5.74) is 1.86. The van der Waals surface area contributed by atoms with Crippen molar-refractivity contribution in [3.05, 3.63) is 76.6 Å². The Labute approximate surface area is 149 Å². The van der Waals surface area contributed by atoms with Gasteiger partial charge in [-0.25, -0.2) is 0 Å². The molecule has 0 aliphatic carbocycles. The Morgan fingerprint density at radius 1 is 1.08 bits per heavy atom. The summed E-state index contributed by atoms with van der Waals surface area (Å²) in [5.74, 6) is -0.261. The molecule has 1 atom stereocenters. The van der Waals surface area contributed by atoms with Crippen LogP contribution in [0.2, 0.25) is 0 Å². The van der Waals surface area contributed by atoms with Crippen molar-refractivity contribution in [3.63, 3.8) is 0 Å². The Balaban J connectivity index is 1.69. The Morgan fingerprint density at radius 3 is 2.52 bits per heavy atom. The maximum Gasteiger partial charge on any atom is 0.291 e. The zero-order valence-electron chi connectivity index (χ0n) is 13.9. The van der Waals surface area contributed by atoms with Gasteiger partial charge in [0, 0.05) is 0 Å². The molecule has 0 radical (unpaired) electrons. The third-order valence-corrected chi connectivity index (χ3v) is 4.90. The number of nitrogens with one attached hydrogen (secondary N) is 2. The highest BCUT2D eigenvalue weighted by Gasteiger charge is 2.18. The van der Waals surface area contributed by atoms with E-state index in [-0.39, 0.29) is 23.6 Å². The SMILES string of the molecule is Cc1cc(NC(=O)c2ccco2)sc1C(=O)NC(C)c1ccccc1. The van der Waals surface area contributed by atoms with Crippen LogP contribution in [-0.2, 0) is 0 Å². The van der Waals surface area contributed by atoms with E-state index >= 15 is 0 Å². The molecular weight excluding hydrogens is 336 g/mol. The van der Waals surface area contributed by atoms with Gasteiger partial charge in [-0.3, -0.25) is 9.59 Å². The van der Waals surface area contributed by atoms with Gasteiger partial charge in [0.1, 0.15) is 0 Å². The quantitative estimate of drug-likeness (QED) is 0.714. The maximum atomic E-state index is 12.5. The molecule has 0 spiro atoms. The van der Waals surface area contributed by atoms with Crippen molar-refractivity contribution >= 4 is 28.2 Å². The zero-order chi connectivity index (χ0) is 17.8. The van der Waals surface area contributed by atoms with E-state index in [2.05, 4.69) is 10.6 Å². The van der Waals surface area contributed by atoms with Crippen LogP contribution in [-0.4, -0.2) is 11.8 Å². The molecule has 128 valence electrons. The first-order valence-electron chi connectivity index (χ1n) is 7.85. The number of carbonyl (C=O) groups is 2. The molecule has 1 aromatic carbocycles. The molecule has 2 heterocycles. The number of rotatable bonds is 5. The summed E-state index contributed by atoms with van der Waals surface area (Å²) in [6.07, 6.45) is 1.44. The van der Waals surface area contributed by atoms with E-state index in [1.807, 2.05) is 44.2 Å². The predicted octanol–water partition coefficient (Wildman–Crippen LogP) is 4.39. The van der Waals surface area contributed by atoms with Crippen molar-refractivity contribution in [3.8, 4) is 0 Å². The standard InChI is InChI=1S/C19H18N2O3S/c1-12-11-16(21-18(22)15-9-6-10-24-15)25-17(12)19(23)20-13(2)14-7-4-3-5-8-14/h3-11,13H,1-2H3,(H,20,23)(H,21,22). The third kappa shape index (κ3) is 3.97. The molecule has 5 nitrogen and oxygen atoms in total. The Morgan fingerprint density at radius 2 is 1.84 bits per heavy atom. The fourth-order valence-corrected chi connectivity index (χ4v) is 3.41. The first-order valence-corrected chi connectivity index (χ1v) is 8.67. The number of anilines is 1. The van der Waals surface area contributed by atoms with Gasteiger partial charge in [-0.05, 0) is 43.2 Å². The molecule has 1 unspecified atom stereocenters. The lowest BCUT2D eigenvalue weighted by Gasteiger charge is -2.13. The van der Waals surface area contributed by atoms with E-state index in [1.165, 1.54) is 17.6 Å². The van der Waals surface area contributed by atoms with Gasteiger partial charge in [0.05, 0.1) is 22.2 Å². The highest BCUT2D eigenvalue weighted by atomic mass is 32.1. The molecule has 6 heteroatoms. The van der Waals surface area contributed by atoms with E-state index in [9.17, 15) is 9.59 Å². The second kappa shape index (κ2) is 7.36. The van der Waals surface area contributed by atoms with Crippen LogP contribution >= 0.6 is 11.3 Å². The van der Waals surface area contributed by atoms with Crippen molar-refractivity contribution in [2.24, 2.45) is 0 Å². The minimum absolute atomic E-state index is 0.101. The number of carbonyl (C=O) groups excluding carboxylic acids is 2. The first-order chi connectivity index (χ1) is 12.0. The second-order valence-corrected chi connectivity index (χ2v) is 6.71. The lowest BCUT2D eigenvalue weighted by molar-refractivity contribution is 0.0942. The van der Waals surface area contributed by atoms with Crippen LogP contribution in [0.4, 0.5) is 5.00 Å². The van der Waals surface area contributed by atoms with Crippen LogP contribution in [0.1, 0.15) is 44.3 Å². The van der Waals surface area contributed by atoms with Gasteiger partial charge in [0.25, 0.3) is 11.8 Å². The molecule has 0 saturated carbocycles. The molecule has 2 N–H and O–H groups in total. The lowest BCUT2D eigenvalue weighted by Crippen LogP contribution is -2.26. The van der Waals surface area contributed by atoms with Crippen molar-refractivity contribution in [2.75, 3.05) is 5.32 Å². The number of aryl methyl sites for hydroxylation is 1. The van der Waals surface area contributed by atoms with E-state index in [1.54, 1.807) is 18.2 Å². The Kier molecular flexibility index (Phi) is 5.00. The molecule has 0 fully saturated rings. The molecule has 0 saturated heterocycles.